The normalized spacial score (nSPS) is 11.1. The Bertz CT molecular complexity index is 951. The summed E-state index contributed by atoms with van der Waals surface area (Å²) in [6.45, 7) is 3.59. The fraction of sp³-hybridized carbons (Fsp3) is 0.350. The molecule has 0 atom stereocenters. The number of halogens is 1. The monoisotopic (exact) mass is 402 g/mol. The third-order valence-electron chi connectivity index (χ3n) is 4.46. The minimum Gasteiger partial charge on any atom is -0.383 e. The molecule has 0 N–H and O–H groups in total. The number of fused-ring (bicyclic) bond motifs is 1. The number of ether oxygens (including phenoxy) is 2. The van der Waals surface area contributed by atoms with Crippen LogP contribution in [-0.4, -0.2) is 66.1 Å². The van der Waals surface area contributed by atoms with Gasteiger partial charge in [0.15, 0.2) is 5.65 Å². The summed E-state index contributed by atoms with van der Waals surface area (Å²) in [4.78, 5) is 19.2. The van der Waals surface area contributed by atoms with E-state index in [-0.39, 0.29) is 5.91 Å². The summed E-state index contributed by atoms with van der Waals surface area (Å²) < 4.78 is 12.0. The second-order valence-electron chi connectivity index (χ2n) is 6.30. The molecule has 2 heterocycles. The summed E-state index contributed by atoms with van der Waals surface area (Å²) in [7, 11) is 3.20. The number of hydrogen-bond acceptors (Lipinski definition) is 5. The number of amides is 1. The lowest BCUT2D eigenvalue weighted by Gasteiger charge is -2.22. The molecule has 0 fully saturated rings. The van der Waals surface area contributed by atoms with E-state index in [2.05, 4.69) is 10.1 Å². The van der Waals surface area contributed by atoms with Gasteiger partial charge in [0.1, 0.15) is 0 Å². The number of pyridine rings is 1. The van der Waals surface area contributed by atoms with E-state index in [1.54, 1.807) is 23.8 Å². The molecule has 1 amide bonds. The van der Waals surface area contributed by atoms with Gasteiger partial charge in [-0.25, -0.2) is 9.67 Å². The van der Waals surface area contributed by atoms with Crippen molar-refractivity contribution in [1.82, 2.24) is 19.7 Å². The molecule has 0 aliphatic heterocycles. The van der Waals surface area contributed by atoms with E-state index < -0.39 is 0 Å². The topological polar surface area (TPSA) is 69.5 Å². The molecule has 8 heteroatoms. The van der Waals surface area contributed by atoms with Crippen molar-refractivity contribution in [1.29, 1.82) is 0 Å². The first-order chi connectivity index (χ1) is 13.6. The summed E-state index contributed by atoms with van der Waals surface area (Å²) in [6.07, 6.45) is 1.51. The third kappa shape index (κ3) is 4.01. The molecule has 0 unspecified atom stereocenters. The number of nitrogens with zero attached hydrogens (tertiary/aromatic N) is 4. The lowest BCUT2D eigenvalue weighted by Crippen LogP contribution is -2.36. The van der Waals surface area contributed by atoms with Crippen LogP contribution < -0.4 is 0 Å². The molecule has 3 rings (SSSR count). The Kier molecular flexibility index (Phi) is 6.61. The van der Waals surface area contributed by atoms with Crippen LogP contribution in [0.2, 0.25) is 5.02 Å². The maximum Gasteiger partial charge on any atom is 0.257 e. The van der Waals surface area contributed by atoms with Crippen LogP contribution in [0.15, 0.2) is 36.5 Å². The highest BCUT2D eigenvalue weighted by atomic mass is 35.5. The van der Waals surface area contributed by atoms with Crippen LogP contribution in [0.25, 0.3) is 16.7 Å². The van der Waals surface area contributed by atoms with E-state index >= 15 is 0 Å². The molecule has 3 aromatic rings. The summed E-state index contributed by atoms with van der Waals surface area (Å²) in [5.74, 6) is -0.208. The Morgan fingerprint density at radius 3 is 2.39 bits per heavy atom. The first-order valence-electron chi connectivity index (χ1n) is 8.95. The molecule has 0 bridgehead atoms. The summed E-state index contributed by atoms with van der Waals surface area (Å²) in [5, 5.41) is 5.60. The van der Waals surface area contributed by atoms with Gasteiger partial charge in [-0.15, -0.1) is 0 Å². The van der Waals surface area contributed by atoms with E-state index in [1.165, 1.54) is 6.20 Å². The Morgan fingerprint density at radius 2 is 1.79 bits per heavy atom. The van der Waals surface area contributed by atoms with Gasteiger partial charge >= 0.3 is 0 Å². The van der Waals surface area contributed by atoms with Crippen molar-refractivity contribution >= 4 is 28.5 Å². The summed E-state index contributed by atoms with van der Waals surface area (Å²) in [6, 6.07) is 9.69. The number of carbonyl (C=O) groups is 1. The van der Waals surface area contributed by atoms with Crippen LogP contribution in [0.1, 0.15) is 16.1 Å². The van der Waals surface area contributed by atoms with Crippen LogP contribution >= 0.6 is 11.6 Å². The lowest BCUT2D eigenvalue weighted by atomic mass is 10.1. The molecule has 28 heavy (non-hydrogen) atoms. The minimum absolute atomic E-state index is 0.208. The molecule has 2 aromatic heterocycles. The molecule has 0 aliphatic carbocycles. The number of benzene rings is 1. The van der Waals surface area contributed by atoms with Crippen LogP contribution in [0.3, 0.4) is 0 Å². The molecule has 0 aliphatic rings. The highest BCUT2D eigenvalue weighted by molar-refractivity contribution is 6.38. The van der Waals surface area contributed by atoms with E-state index in [0.717, 1.165) is 5.69 Å². The van der Waals surface area contributed by atoms with Gasteiger partial charge in [-0.05, 0) is 19.1 Å². The number of aryl methyl sites for hydroxylation is 1. The number of para-hydroxylation sites is 1. The van der Waals surface area contributed by atoms with Gasteiger partial charge in [0, 0.05) is 33.5 Å². The van der Waals surface area contributed by atoms with Crippen molar-refractivity contribution in [2.45, 2.75) is 6.92 Å². The summed E-state index contributed by atoms with van der Waals surface area (Å²) in [5.41, 5.74) is 2.55. The largest absolute Gasteiger partial charge is 0.383 e. The highest BCUT2D eigenvalue weighted by Gasteiger charge is 2.23. The van der Waals surface area contributed by atoms with Gasteiger partial charge in [0.05, 0.1) is 40.6 Å². The second-order valence-corrected chi connectivity index (χ2v) is 6.67. The van der Waals surface area contributed by atoms with Gasteiger partial charge in [-0.2, -0.15) is 5.10 Å². The highest BCUT2D eigenvalue weighted by Crippen LogP contribution is 2.30. The molecule has 0 saturated carbocycles. The maximum atomic E-state index is 13.1. The number of rotatable bonds is 8. The molecule has 0 radical (unpaired) electrons. The number of carbonyl (C=O) groups excluding carboxylic acids is 1. The van der Waals surface area contributed by atoms with Crippen molar-refractivity contribution < 1.29 is 14.3 Å². The van der Waals surface area contributed by atoms with E-state index in [4.69, 9.17) is 21.1 Å². The van der Waals surface area contributed by atoms with Crippen LogP contribution in [0, 0.1) is 6.92 Å². The molecular weight excluding hydrogens is 380 g/mol. The standard InChI is InChI=1S/C20H23ClN4O3/c1-14-17-18(21)16(20(26)24(9-11-27-2)10-12-28-3)13-22-19(17)25(23-14)15-7-5-4-6-8-15/h4-8,13H,9-12H2,1-3H3. The van der Waals surface area contributed by atoms with Gasteiger partial charge in [0.25, 0.3) is 5.91 Å². The molecule has 0 spiro atoms. The average molecular weight is 403 g/mol. The fourth-order valence-electron chi connectivity index (χ4n) is 2.99. The van der Waals surface area contributed by atoms with Gasteiger partial charge in [-0.3, -0.25) is 4.79 Å². The van der Waals surface area contributed by atoms with Gasteiger partial charge < -0.3 is 14.4 Å². The SMILES string of the molecule is COCCN(CCOC)C(=O)c1cnc2c(c(C)nn2-c2ccccc2)c1Cl. The van der Waals surface area contributed by atoms with Gasteiger partial charge in [-0.1, -0.05) is 29.8 Å². The van der Waals surface area contributed by atoms with Crippen molar-refractivity contribution in [2.75, 3.05) is 40.5 Å². The van der Waals surface area contributed by atoms with Crippen molar-refractivity contribution in [3.8, 4) is 5.69 Å². The van der Waals surface area contributed by atoms with Crippen LogP contribution in [-0.2, 0) is 9.47 Å². The zero-order chi connectivity index (χ0) is 20.1. The zero-order valence-corrected chi connectivity index (χ0v) is 16.9. The quantitative estimate of drug-likeness (QED) is 0.579. The molecular formula is C20H23ClN4O3. The third-order valence-corrected chi connectivity index (χ3v) is 4.85. The zero-order valence-electron chi connectivity index (χ0n) is 16.2. The predicted octanol–water partition coefficient (Wildman–Crippen LogP) is 3.12. The van der Waals surface area contributed by atoms with E-state index in [9.17, 15) is 4.79 Å². The molecule has 148 valence electrons. The number of methoxy groups -OCH3 is 2. The van der Waals surface area contributed by atoms with Crippen molar-refractivity contribution in [3.05, 3.63) is 52.8 Å². The number of hydrogen-bond donors (Lipinski definition) is 0. The van der Waals surface area contributed by atoms with E-state index in [1.807, 2.05) is 37.3 Å². The smallest absolute Gasteiger partial charge is 0.257 e. The van der Waals surface area contributed by atoms with Gasteiger partial charge in [0.2, 0.25) is 0 Å². The predicted molar refractivity (Wildman–Crippen MR) is 108 cm³/mol. The first-order valence-corrected chi connectivity index (χ1v) is 9.32. The minimum atomic E-state index is -0.208. The average Bonchev–Trinajstić information content (AvgIpc) is 3.06. The molecule has 0 saturated heterocycles. The van der Waals surface area contributed by atoms with Crippen molar-refractivity contribution in [2.24, 2.45) is 0 Å². The van der Waals surface area contributed by atoms with Crippen LogP contribution in [0.4, 0.5) is 0 Å². The summed E-state index contributed by atoms with van der Waals surface area (Å²) >= 11 is 6.65. The Balaban J connectivity index is 2.02. The Hall–Kier alpha value is -2.48. The molecule has 7 nitrogen and oxygen atoms in total. The van der Waals surface area contributed by atoms with E-state index in [0.29, 0.717) is 53.6 Å². The maximum absolute atomic E-state index is 13.1. The first kappa shape index (κ1) is 20.3. The van der Waals surface area contributed by atoms with Crippen LogP contribution in [0.5, 0.6) is 0 Å². The lowest BCUT2D eigenvalue weighted by molar-refractivity contribution is 0.0627. The fourth-order valence-corrected chi connectivity index (χ4v) is 3.35. The number of aromatic nitrogens is 3. The Labute approximate surface area is 168 Å². The Morgan fingerprint density at radius 1 is 1.14 bits per heavy atom. The molecule has 1 aromatic carbocycles. The second kappa shape index (κ2) is 9.14. The van der Waals surface area contributed by atoms with Crippen molar-refractivity contribution in [3.63, 3.8) is 0 Å².